The molecule has 0 saturated heterocycles. The summed E-state index contributed by atoms with van der Waals surface area (Å²) in [6.07, 6.45) is 1.95. The Balaban J connectivity index is 0.00000267. The molecule has 0 aliphatic rings. The van der Waals surface area contributed by atoms with Crippen molar-refractivity contribution >= 4 is 32.7 Å². The van der Waals surface area contributed by atoms with Gasteiger partial charge in [0.1, 0.15) is 17.1 Å². The van der Waals surface area contributed by atoms with E-state index >= 15 is 0 Å². The van der Waals surface area contributed by atoms with Gasteiger partial charge >= 0.3 is 0 Å². The third-order valence-corrected chi connectivity index (χ3v) is 6.29. The van der Waals surface area contributed by atoms with Gasteiger partial charge < -0.3 is 14.4 Å². The number of fused-ring (bicyclic) bond motifs is 4. The molecule has 0 bridgehead atoms. The first-order valence-electron chi connectivity index (χ1n) is 11.6. The maximum Gasteiger partial charge on any atom is 0.217 e. The van der Waals surface area contributed by atoms with Crippen molar-refractivity contribution < 1.29 is 30.9 Å². The molecule has 6 heteroatoms. The van der Waals surface area contributed by atoms with Crippen LogP contribution in [0.15, 0.2) is 85.1 Å². The van der Waals surface area contributed by atoms with Crippen molar-refractivity contribution in [2.24, 2.45) is 0 Å². The van der Waals surface area contributed by atoms with Crippen LogP contribution < -0.4 is 4.74 Å². The number of para-hydroxylation sites is 2. The molecule has 36 heavy (non-hydrogen) atoms. The Labute approximate surface area is 223 Å². The van der Waals surface area contributed by atoms with Gasteiger partial charge in [0.25, 0.3) is 0 Å². The first kappa shape index (κ1) is 24.0. The monoisotopic (exact) mass is 653 g/mol. The van der Waals surface area contributed by atoms with Crippen LogP contribution in [0.5, 0.6) is 17.4 Å². The number of ether oxygens (including phenoxy) is 1. The molecule has 0 amide bonds. The standard InChI is InChI=1S/C30H24N3O2.Pt/c1-30(2,3)20-12-15-27(31-18-20)33-24-9-5-4-8-22(24)23-14-13-21(17-25(23)33)35-28-16-11-19-7-6-10-26(34)29(19)32-28;/h4-16,18,34H,1-3H3;/q-1;. The van der Waals surface area contributed by atoms with E-state index in [4.69, 9.17) is 9.72 Å². The number of nitrogens with zero attached hydrogens (tertiary/aromatic N) is 3. The van der Waals surface area contributed by atoms with Crippen LogP contribution in [0.4, 0.5) is 0 Å². The van der Waals surface area contributed by atoms with Crippen molar-refractivity contribution in [1.29, 1.82) is 0 Å². The van der Waals surface area contributed by atoms with Gasteiger partial charge in [-0.15, -0.1) is 17.5 Å². The number of pyridine rings is 2. The molecule has 182 valence electrons. The van der Waals surface area contributed by atoms with Crippen molar-refractivity contribution in [1.82, 2.24) is 14.5 Å². The molecule has 0 fully saturated rings. The van der Waals surface area contributed by atoms with E-state index in [2.05, 4.69) is 60.7 Å². The fraction of sp³-hybridized carbons (Fsp3) is 0.133. The van der Waals surface area contributed by atoms with E-state index in [0.717, 1.165) is 33.0 Å². The van der Waals surface area contributed by atoms with Crippen LogP contribution in [-0.2, 0) is 26.5 Å². The van der Waals surface area contributed by atoms with Crippen molar-refractivity contribution in [3.8, 4) is 23.2 Å². The number of phenolic OH excluding ortho intramolecular Hbond substituents is 1. The molecule has 0 aliphatic heterocycles. The predicted octanol–water partition coefficient (Wildman–Crippen LogP) is 7.32. The van der Waals surface area contributed by atoms with Gasteiger partial charge in [-0.25, -0.2) is 9.97 Å². The number of aromatic nitrogens is 3. The first-order valence-corrected chi connectivity index (χ1v) is 11.6. The molecule has 0 saturated carbocycles. The fourth-order valence-electron chi connectivity index (χ4n) is 4.42. The summed E-state index contributed by atoms with van der Waals surface area (Å²) in [5, 5.41) is 13.2. The third-order valence-electron chi connectivity index (χ3n) is 6.29. The van der Waals surface area contributed by atoms with Crippen LogP contribution in [0.1, 0.15) is 26.3 Å². The number of aromatic hydroxyl groups is 1. The van der Waals surface area contributed by atoms with E-state index in [9.17, 15) is 5.11 Å². The summed E-state index contributed by atoms with van der Waals surface area (Å²) in [5.41, 5.74) is 3.65. The fourth-order valence-corrected chi connectivity index (χ4v) is 4.42. The second kappa shape index (κ2) is 9.07. The average molecular weight is 654 g/mol. The zero-order valence-corrected chi connectivity index (χ0v) is 22.4. The molecular weight excluding hydrogens is 629 g/mol. The Kier molecular flexibility index (Phi) is 6.05. The van der Waals surface area contributed by atoms with Gasteiger partial charge in [0.2, 0.25) is 5.88 Å². The number of phenols is 1. The summed E-state index contributed by atoms with van der Waals surface area (Å²) in [4.78, 5) is 9.30. The molecule has 6 rings (SSSR count). The zero-order valence-electron chi connectivity index (χ0n) is 20.1. The number of rotatable bonds is 3. The first-order chi connectivity index (χ1) is 16.9. The summed E-state index contributed by atoms with van der Waals surface area (Å²) < 4.78 is 8.20. The van der Waals surface area contributed by atoms with Gasteiger partial charge in [-0.05, 0) is 40.6 Å². The Morgan fingerprint density at radius 2 is 1.69 bits per heavy atom. The smallest absolute Gasteiger partial charge is 0.217 e. The van der Waals surface area contributed by atoms with Crippen LogP contribution in [-0.4, -0.2) is 19.6 Å². The van der Waals surface area contributed by atoms with E-state index in [1.807, 2.05) is 42.6 Å². The largest absolute Gasteiger partial charge is 0.506 e. The van der Waals surface area contributed by atoms with Crippen LogP contribution in [0.3, 0.4) is 0 Å². The summed E-state index contributed by atoms with van der Waals surface area (Å²) in [7, 11) is 0. The van der Waals surface area contributed by atoms with Crippen LogP contribution in [0.25, 0.3) is 38.5 Å². The van der Waals surface area contributed by atoms with Crippen LogP contribution >= 0.6 is 0 Å². The molecule has 0 atom stereocenters. The maximum atomic E-state index is 10.2. The van der Waals surface area contributed by atoms with Crippen molar-refractivity contribution in [2.45, 2.75) is 26.2 Å². The van der Waals surface area contributed by atoms with Crippen molar-refractivity contribution in [2.75, 3.05) is 0 Å². The predicted molar refractivity (Wildman–Crippen MR) is 140 cm³/mol. The second-order valence-corrected chi connectivity index (χ2v) is 9.69. The average Bonchev–Trinajstić information content (AvgIpc) is 3.18. The number of benzene rings is 3. The molecular formula is C30H24N3O2Pt-. The Bertz CT molecular complexity index is 1720. The minimum absolute atomic E-state index is 0. The molecule has 3 heterocycles. The SMILES string of the molecule is CC(C)(C)c1ccc(-n2c3[c-]c(Oc4ccc5cccc(O)c5n4)ccc3c3ccccc32)nc1.[Pt]. The zero-order chi connectivity index (χ0) is 24.2. The molecule has 5 nitrogen and oxygen atoms in total. The molecule has 6 aromatic rings. The third kappa shape index (κ3) is 4.14. The summed E-state index contributed by atoms with van der Waals surface area (Å²) in [5.74, 6) is 1.88. The van der Waals surface area contributed by atoms with Gasteiger partial charge in [-0.2, -0.15) is 6.07 Å². The van der Waals surface area contributed by atoms with Crippen molar-refractivity contribution in [3.05, 3.63) is 96.7 Å². The van der Waals surface area contributed by atoms with E-state index in [0.29, 0.717) is 17.1 Å². The van der Waals surface area contributed by atoms with Gasteiger partial charge in [-0.3, -0.25) is 0 Å². The van der Waals surface area contributed by atoms with E-state index in [1.165, 1.54) is 5.56 Å². The Morgan fingerprint density at radius 3 is 2.47 bits per heavy atom. The summed E-state index contributed by atoms with van der Waals surface area (Å²) in [6.45, 7) is 6.55. The van der Waals surface area contributed by atoms with Gasteiger partial charge in [0, 0.05) is 50.0 Å². The van der Waals surface area contributed by atoms with Crippen LogP contribution in [0.2, 0.25) is 0 Å². The molecule has 0 radical (unpaired) electrons. The van der Waals surface area contributed by atoms with Gasteiger partial charge in [0.05, 0.1) is 0 Å². The molecule has 0 spiro atoms. The Hall–Kier alpha value is -3.69. The Morgan fingerprint density at radius 1 is 0.861 bits per heavy atom. The maximum absolute atomic E-state index is 10.2. The molecule has 0 aliphatic carbocycles. The molecule has 3 aromatic heterocycles. The molecule has 0 unspecified atom stereocenters. The van der Waals surface area contributed by atoms with Gasteiger partial charge in [0.15, 0.2) is 0 Å². The number of hydrogen-bond donors (Lipinski definition) is 1. The summed E-state index contributed by atoms with van der Waals surface area (Å²) >= 11 is 0. The van der Waals surface area contributed by atoms with Crippen LogP contribution in [0, 0.1) is 6.07 Å². The molecule has 3 aromatic carbocycles. The summed E-state index contributed by atoms with van der Waals surface area (Å²) in [6, 6.07) is 28.8. The second-order valence-electron chi connectivity index (χ2n) is 9.69. The minimum Gasteiger partial charge on any atom is -0.506 e. The van der Waals surface area contributed by atoms with Gasteiger partial charge in [-0.1, -0.05) is 62.7 Å². The minimum atomic E-state index is 0. The normalized spacial score (nSPS) is 11.6. The van der Waals surface area contributed by atoms with E-state index in [1.54, 1.807) is 18.2 Å². The van der Waals surface area contributed by atoms with E-state index in [-0.39, 0.29) is 32.2 Å². The molecule has 1 N–H and O–H groups in total. The van der Waals surface area contributed by atoms with Crippen molar-refractivity contribution in [3.63, 3.8) is 0 Å². The van der Waals surface area contributed by atoms with E-state index < -0.39 is 0 Å². The quantitative estimate of drug-likeness (QED) is 0.204. The topological polar surface area (TPSA) is 60.2 Å². The number of hydrogen-bond acceptors (Lipinski definition) is 4.